The van der Waals surface area contributed by atoms with Crippen LogP contribution < -0.4 is 0 Å². The second-order valence-electron chi connectivity index (χ2n) is 5.37. The van der Waals surface area contributed by atoms with Gasteiger partial charge in [-0.3, -0.25) is 0 Å². The van der Waals surface area contributed by atoms with E-state index in [9.17, 15) is 8.42 Å². The first-order valence-corrected chi connectivity index (χ1v) is 9.35. The molecule has 0 unspecified atom stereocenters. The quantitative estimate of drug-likeness (QED) is 0.873. The van der Waals surface area contributed by atoms with Crippen LogP contribution in [0.4, 0.5) is 0 Å². The normalized spacial score (nSPS) is 18.0. The Bertz CT molecular complexity index is 703. The van der Waals surface area contributed by atoms with Gasteiger partial charge in [-0.15, -0.1) is 11.3 Å². The minimum Gasteiger partial charge on any atom is -0.249 e. The third-order valence-electron chi connectivity index (χ3n) is 3.88. The van der Waals surface area contributed by atoms with E-state index in [1.54, 1.807) is 33.8 Å². The number of benzene rings is 1. The molecule has 0 radical (unpaired) electrons. The van der Waals surface area contributed by atoms with Crippen molar-refractivity contribution in [2.75, 3.05) is 13.1 Å². The van der Waals surface area contributed by atoms with Crippen LogP contribution in [0.5, 0.6) is 0 Å². The van der Waals surface area contributed by atoms with Crippen LogP contribution in [0.3, 0.4) is 0 Å². The van der Waals surface area contributed by atoms with E-state index in [1.807, 2.05) is 24.6 Å². The fourth-order valence-corrected chi connectivity index (χ4v) is 5.09. The molecule has 0 atom stereocenters. The molecule has 2 aromatic rings. The molecule has 1 aromatic carbocycles. The molecule has 0 spiro atoms. The number of hydrogen-bond donors (Lipinski definition) is 0. The molecule has 4 nitrogen and oxygen atoms in total. The number of hydrogen-bond acceptors (Lipinski definition) is 4. The minimum atomic E-state index is -3.36. The van der Waals surface area contributed by atoms with Crippen molar-refractivity contribution in [2.24, 2.45) is 0 Å². The summed E-state index contributed by atoms with van der Waals surface area (Å²) in [5.41, 5.74) is 0.966. The van der Waals surface area contributed by atoms with Crippen LogP contribution in [0.25, 0.3) is 0 Å². The van der Waals surface area contributed by atoms with Crippen molar-refractivity contribution >= 4 is 21.4 Å². The van der Waals surface area contributed by atoms with Gasteiger partial charge in [-0.1, -0.05) is 12.1 Å². The zero-order valence-corrected chi connectivity index (χ0v) is 13.5. The van der Waals surface area contributed by atoms with Gasteiger partial charge < -0.3 is 0 Å². The van der Waals surface area contributed by atoms with E-state index in [0.717, 1.165) is 23.4 Å². The number of sulfonamides is 1. The van der Waals surface area contributed by atoms with Crippen molar-refractivity contribution in [1.82, 2.24) is 9.29 Å². The van der Waals surface area contributed by atoms with Gasteiger partial charge in [0.1, 0.15) is 0 Å². The Kier molecular flexibility index (Phi) is 4.10. The zero-order valence-electron chi connectivity index (χ0n) is 11.9. The lowest BCUT2D eigenvalue weighted by atomic mass is 9.99. The topological polar surface area (TPSA) is 50.3 Å². The molecule has 0 saturated carbocycles. The molecule has 1 aromatic heterocycles. The highest BCUT2D eigenvalue weighted by atomic mass is 32.2. The first-order valence-electron chi connectivity index (χ1n) is 7.03. The highest BCUT2D eigenvalue weighted by molar-refractivity contribution is 7.89. The van der Waals surface area contributed by atoms with E-state index >= 15 is 0 Å². The molecule has 2 heterocycles. The Balaban J connectivity index is 1.74. The average Bonchev–Trinajstić information content (AvgIpc) is 3.02. The fourth-order valence-electron chi connectivity index (χ4n) is 2.70. The Morgan fingerprint density at radius 1 is 1.29 bits per heavy atom. The van der Waals surface area contributed by atoms with Gasteiger partial charge in [-0.05, 0) is 37.5 Å². The van der Waals surface area contributed by atoms with Crippen LogP contribution in [-0.2, 0) is 10.0 Å². The van der Waals surface area contributed by atoms with Gasteiger partial charge in [-0.2, -0.15) is 4.31 Å². The van der Waals surface area contributed by atoms with Crippen LogP contribution >= 0.6 is 11.3 Å². The molecule has 21 heavy (non-hydrogen) atoms. The summed E-state index contributed by atoms with van der Waals surface area (Å²) < 4.78 is 26.9. The molecule has 1 aliphatic rings. The number of rotatable bonds is 3. The largest absolute Gasteiger partial charge is 0.249 e. The first-order chi connectivity index (χ1) is 10.1. The maximum atomic E-state index is 12.6. The summed E-state index contributed by atoms with van der Waals surface area (Å²) in [5, 5.41) is 3.10. The lowest BCUT2D eigenvalue weighted by Gasteiger charge is -2.30. The van der Waals surface area contributed by atoms with E-state index in [1.165, 1.54) is 0 Å². The Labute approximate surface area is 129 Å². The molecule has 1 saturated heterocycles. The molecular formula is C15H18N2O2S2. The summed E-state index contributed by atoms with van der Waals surface area (Å²) in [4.78, 5) is 4.75. The van der Waals surface area contributed by atoms with Gasteiger partial charge in [0.25, 0.3) is 0 Å². The summed E-state index contributed by atoms with van der Waals surface area (Å²) in [7, 11) is -3.36. The molecule has 0 amide bonds. The van der Waals surface area contributed by atoms with Gasteiger partial charge in [0.15, 0.2) is 0 Å². The van der Waals surface area contributed by atoms with E-state index in [-0.39, 0.29) is 0 Å². The molecular weight excluding hydrogens is 304 g/mol. The summed E-state index contributed by atoms with van der Waals surface area (Å²) in [6.07, 6.45) is 3.51. The Morgan fingerprint density at radius 2 is 2.05 bits per heavy atom. The first kappa shape index (κ1) is 14.7. The second-order valence-corrected chi connectivity index (χ2v) is 8.23. The molecule has 112 valence electrons. The molecule has 0 aliphatic carbocycles. The monoisotopic (exact) mass is 322 g/mol. The maximum absolute atomic E-state index is 12.6. The SMILES string of the molecule is Cc1cccc(S(=O)(=O)N2CCC(c3nccs3)CC2)c1. The van der Waals surface area contributed by atoms with Crippen molar-refractivity contribution in [3.05, 3.63) is 46.4 Å². The zero-order chi connectivity index (χ0) is 14.9. The van der Waals surface area contributed by atoms with Gasteiger partial charge >= 0.3 is 0 Å². The predicted octanol–water partition coefficient (Wildman–Crippen LogP) is 3.02. The summed E-state index contributed by atoms with van der Waals surface area (Å²) in [6, 6.07) is 7.12. The molecule has 0 N–H and O–H groups in total. The van der Waals surface area contributed by atoms with Crippen molar-refractivity contribution in [2.45, 2.75) is 30.6 Å². The third kappa shape index (κ3) is 3.02. The number of aromatic nitrogens is 1. The molecule has 1 fully saturated rings. The van der Waals surface area contributed by atoms with Crippen LogP contribution in [-0.4, -0.2) is 30.8 Å². The number of aryl methyl sites for hydroxylation is 1. The van der Waals surface area contributed by atoms with Crippen LogP contribution in [0, 0.1) is 6.92 Å². The van der Waals surface area contributed by atoms with E-state index in [0.29, 0.717) is 23.9 Å². The fraction of sp³-hybridized carbons (Fsp3) is 0.400. The molecule has 6 heteroatoms. The summed E-state index contributed by atoms with van der Waals surface area (Å²) >= 11 is 1.66. The van der Waals surface area contributed by atoms with E-state index in [2.05, 4.69) is 4.98 Å². The molecule has 0 bridgehead atoms. The van der Waals surface area contributed by atoms with Crippen molar-refractivity contribution in [1.29, 1.82) is 0 Å². The Morgan fingerprint density at radius 3 is 2.67 bits per heavy atom. The lowest BCUT2D eigenvalue weighted by molar-refractivity contribution is 0.319. The predicted molar refractivity (Wildman–Crippen MR) is 84.0 cm³/mol. The second kappa shape index (κ2) is 5.87. The lowest BCUT2D eigenvalue weighted by Crippen LogP contribution is -2.37. The van der Waals surface area contributed by atoms with Crippen molar-refractivity contribution in [3.63, 3.8) is 0 Å². The average molecular weight is 322 g/mol. The van der Waals surface area contributed by atoms with Gasteiger partial charge in [-0.25, -0.2) is 13.4 Å². The number of thiazole rings is 1. The number of nitrogens with zero attached hydrogens (tertiary/aromatic N) is 2. The molecule has 1 aliphatic heterocycles. The van der Waals surface area contributed by atoms with Gasteiger partial charge in [0, 0.05) is 30.6 Å². The molecule has 3 rings (SSSR count). The van der Waals surface area contributed by atoms with Crippen LogP contribution in [0.1, 0.15) is 29.3 Å². The highest BCUT2D eigenvalue weighted by Gasteiger charge is 2.30. The van der Waals surface area contributed by atoms with Crippen LogP contribution in [0.2, 0.25) is 0 Å². The third-order valence-corrected chi connectivity index (χ3v) is 6.71. The standard InChI is InChI=1S/C15H18N2O2S2/c1-12-3-2-4-14(11-12)21(18,19)17-8-5-13(6-9-17)15-16-7-10-20-15/h2-4,7,10-11,13H,5-6,8-9H2,1H3. The highest BCUT2D eigenvalue weighted by Crippen LogP contribution is 2.31. The van der Waals surface area contributed by atoms with E-state index in [4.69, 9.17) is 0 Å². The Hall–Kier alpha value is -1.24. The summed E-state index contributed by atoms with van der Waals surface area (Å²) in [6.45, 7) is 3.05. The van der Waals surface area contributed by atoms with Gasteiger partial charge in [0.2, 0.25) is 10.0 Å². The van der Waals surface area contributed by atoms with Crippen molar-refractivity contribution < 1.29 is 8.42 Å². The number of piperidine rings is 1. The van der Waals surface area contributed by atoms with E-state index < -0.39 is 10.0 Å². The van der Waals surface area contributed by atoms with Crippen LogP contribution in [0.15, 0.2) is 40.7 Å². The van der Waals surface area contributed by atoms with Gasteiger partial charge in [0.05, 0.1) is 9.90 Å². The maximum Gasteiger partial charge on any atom is 0.243 e. The minimum absolute atomic E-state index is 0.397. The smallest absolute Gasteiger partial charge is 0.243 e. The van der Waals surface area contributed by atoms with Crippen molar-refractivity contribution in [3.8, 4) is 0 Å². The summed E-state index contributed by atoms with van der Waals surface area (Å²) in [5.74, 6) is 0.397.